The van der Waals surface area contributed by atoms with Gasteiger partial charge in [-0.2, -0.15) is 0 Å². The first-order valence-corrected chi connectivity index (χ1v) is 7.46. The van der Waals surface area contributed by atoms with Crippen molar-refractivity contribution in [3.05, 3.63) is 35.9 Å². The van der Waals surface area contributed by atoms with Gasteiger partial charge in [-0.25, -0.2) is 8.42 Å². The molecule has 88 valence electrons. The van der Waals surface area contributed by atoms with Gasteiger partial charge in [0.25, 0.3) is 0 Å². The van der Waals surface area contributed by atoms with Gasteiger partial charge in [0.05, 0.1) is 11.5 Å². The summed E-state index contributed by atoms with van der Waals surface area (Å²) in [6.07, 6.45) is 1.72. The van der Waals surface area contributed by atoms with Gasteiger partial charge in [-0.15, -0.1) is 0 Å². The lowest BCUT2D eigenvalue weighted by Gasteiger charge is -2.10. The Morgan fingerprint density at radius 3 is 2.62 bits per heavy atom. The number of benzene rings is 1. The van der Waals surface area contributed by atoms with Crippen molar-refractivity contribution in [2.75, 3.05) is 18.1 Å². The van der Waals surface area contributed by atoms with E-state index in [0.29, 0.717) is 11.5 Å². The van der Waals surface area contributed by atoms with Crippen LogP contribution in [0.4, 0.5) is 0 Å². The number of rotatable bonds is 4. The van der Waals surface area contributed by atoms with Gasteiger partial charge in [-0.05, 0) is 24.9 Å². The Labute approximate surface area is 96.8 Å². The van der Waals surface area contributed by atoms with Crippen LogP contribution in [-0.4, -0.2) is 32.5 Å². The molecule has 0 bridgehead atoms. The van der Waals surface area contributed by atoms with Gasteiger partial charge in [0.15, 0.2) is 9.84 Å². The molecule has 1 aliphatic heterocycles. The quantitative estimate of drug-likeness (QED) is 0.853. The summed E-state index contributed by atoms with van der Waals surface area (Å²) in [7, 11) is -2.75. The third kappa shape index (κ3) is 3.32. The van der Waals surface area contributed by atoms with Crippen molar-refractivity contribution < 1.29 is 8.42 Å². The summed E-state index contributed by atoms with van der Waals surface area (Å²) in [4.78, 5) is 0. The van der Waals surface area contributed by atoms with Gasteiger partial charge in [0, 0.05) is 6.04 Å². The van der Waals surface area contributed by atoms with Crippen LogP contribution < -0.4 is 5.32 Å². The highest BCUT2D eigenvalue weighted by Crippen LogP contribution is 2.11. The van der Waals surface area contributed by atoms with Crippen LogP contribution >= 0.6 is 0 Å². The largest absolute Gasteiger partial charge is 0.313 e. The van der Waals surface area contributed by atoms with Gasteiger partial charge in [-0.1, -0.05) is 30.3 Å². The van der Waals surface area contributed by atoms with E-state index in [1.54, 1.807) is 0 Å². The minimum absolute atomic E-state index is 0.161. The maximum Gasteiger partial charge on any atom is 0.151 e. The minimum atomic E-state index is -2.75. The average molecular weight is 239 g/mol. The Bertz CT molecular complexity index is 428. The molecule has 1 unspecified atom stereocenters. The van der Waals surface area contributed by atoms with E-state index in [4.69, 9.17) is 0 Å². The van der Waals surface area contributed by atoms with Crippen molar-refractivity contribution in [2.45, 2.75) is 18.9 Å². The molecule has 1 N–H and O–H groups in total. The maximum absolute atomic E-state index is 11.2. The summed E-state index contributed by atoms with van der Waals surface area (Å²) in [5.41, 5.74) is 1.29. The molecule has 1 aromatic carbocycles. The topological polar surface area (TPSA) is 46.2 Å². The smallest absolute Gasteiger partial charge is 0.151 e. The lowest BCUT2D eigenvalue weighted by atomic mass is 10.1. The van der Waals surface area contributed by atoms with Crippen LogP contribution in [0.2, 0.25) is 0 Å². The van der Waals surface area contributed by atoms with Crippen LogP contribution in [0.5, 0.6) is 0 Å². The molecule has 3 nitrogen and oxygen atoms in total. The molecule has 1 saturated heterocycles. The highest BCUT2D eigenvalue weighted by atomic mass is 32.2. The van der Waals surface area contributed by atoms with Gasteiger partial charge in [0.2, 0.25) is 0 Å². The summed E-state index contributed by atoms with van der Waals surface area (Å²) in [6, 6.07) is 10.4. The molecule has 1 fully saturated rings. The molecule has 1 aliphatic rings. The molecule has 1 aromatic rings. The van der Waals surface area contributed by atoms with Crippen molar-refractivity contribution in [3.8, 4) is 0 Å². The van der Waals surface area contributed by atoms with E-state index in [0.717, 1.165) is 19.4 Å². The third-order valence-corrected chi connectivity index (χ3v) is 4.69. The molecule has 4 heteroatoms. The fourth-order valence-electron chi connectivity index (χ4n) is 2.02. The van der Waals surface area contributed by atoms with Crippen LogP contribution in [0.25, 0.3) is 0 Å². The zero-order chi connectivity index (χ0) is 11.4. The molecular formula is C12H17NO2S. The second-order valence-corrected chi connectivity index (χ2v) is 6.52. The third-order valence-electron chi connectivity index (χ3n) is 2.92. The predicted octanol–water partition coefficient (Wildman–Crippen LogP) is 1.01. The Hall–Kier alpha value is -0.870. The highest BCUT2D eigenvalue weighted by molar-refractivity contribution is 7.91. The normalized spacial score (nSPS) is 23.4. The first-order valence-electron chi connectivity index (χ1n) is 5.63. The summed E-state index contributed by atoms with van der Waals surface area (Å²) >= 11 is 0. The summed E-state index contributed by atoms with van der Waals surface area (Å²) < 4.78 is 22.5. The number of hydrogen-bond donors (Lipinski definition) is 1. The molecule has 2 rings (SSSR count). The predicted molar refractivity (Wildman–Crippen MR) is 65.2 cm³/mol. The molecule has 1 atom stereocenters. The Morgan fingerprint density at radius 2 is 2.00 bits per heavy atom. The van der Waals surface area contributed by atoms with Crippen molar-refractivity contribution >= 4 is 9.84 Å². The fourth-order valence-corrected chi connectivity index (χ4v) is 3.73. The first-order chi connectivity index (χ1) is 7.66. The van der Waals surface area contributed by atoms with Crippen molar-refractivity contribution in [1.82, 2.24) is 5.32 Å². The zero-order valence-corrected chi connectivity index (χ0v) is 10.0. The maximum atomic E-state index is 11.2. The van der Waals surface area contributed by atoms with E-state index in [1.807, 2.05) is 18.2 Å². The van der Waals surface area contributed by atoms with Crippen molar-refractivity contribution in [2.24, 2.45) is 0 Å². The van der Waals surface area contributed by atoms with E-state index in [2.05, 4.69) is 17.4 Å². The molecule has 0 saturated carbocycles. The van der Waals surface area contributed by atoms with E-state index in [1.165, 1.54) is 5.56 Å². The Balaban J connectivity index is 1.74. The summed E-state index contributed by atoms with van der Waals surface area (Å²) in [5.74, 6) is 0.651. The van der Waals surface area contributed by atoms with E-state index in [-0.39, 0.29) is 6.04 Å². The monoisotopic (exact) mass is 239 g/mol. The van der Waals surface area contributed by atoms with E-state index in [9.17, 15) is 8.42 Å². The SMILES string of the molecule is O=S1(=O)CCC(NCCc2ccccc2)C1. The van der Waals surface area contributed by atoms with E-state index >= 15 is 0 Å². The van der Waals surface area contributed by atoms with Gasteiger partial charge in [0.1, 0.15) is 0 Å². The van der Waals surface area contributed by atoms with E-state index < -0.39 is 9.84 Å². The number of hydrogen-bond acceptors (Lipinski definition) is 3. The minimum Gasteiger partial charge on any atom is -0.313 e. The van der Waals surface area contributed by atoms with Crippen LogP contribution in [0.15, 0.2) is 30.3 Å². The summed E-state index contributed by atoms with van der Waals surface area (Å²) in [5, 5.41) is 3.31. The van der Waals surface area contributed by atoms with Crippen LogP contribution in [0, 0.1) is 0 Å². The van der Waals surface area contributed by atoms with Crippen LogP contribution in [0.3, 0.4) is 0 Å². The first kappa shape index (κ1) is 11.6. The molecular weight excluding hydrogens is 222 g/mol. The second kappa shape index (κ2) is 4.97. The second-order valence-electron chi connectivity index (χ2n) is 4.29. The lowest BCUT2D eigenvalue weighted by molar-refractivity contribution is 0.557. The molecule has 0 radical (unpaired) electrons. The van der Waals surface area contributed by atoms with Crippen LogP contribution in [-0.2, 0) is 16.3 Å². The standard InChI is InChI=1S/C12H17NO2S/c14-16(15)9-7-12(10-16)13-8-6-11-4-2-1-3-5-11/h1-5,12-13H,6-10H2. The number of sulfone groups is 1. The molecule has 0 aliphatic carbocycles. The van der Waals surface area contributed by atoms with Crippen LogP contribution in [0.1, 0.15) is 12.0 Å². The summed E-state index contributed by atoms with van der Waals surface area (Å²) in [6.45, 7) is 0.851. The van der Waals surface area contributed by atoms with Gasteiger partial charge < -0.3 is 5.32 Å². The molecule has 0 spiro atoms. The van der Waals surface area contributed by atoms with Crippen molar-refractivity contribution in [3.63, 3.8) is 0 Å². The molecule has 0 amide bonds. The zero-order valence-electron chi connectivity index (χ0n) is 9.22. The molecule has 16 heavy (non-hydrogen) atoms. The van der Waals surface area contributed by atoms with Crippen molar-refractivity contribution in [1.29, 1.82) is 0 Å². The fraction of sp³-hybridized carbons (Fsp3) is 0.500. The Kier molecular flexibility index (Phi) is 3.61. The molecule has 1 heterocycles. The average Bonchev–Trinajstić information content (AvgIpc) is 2.60. The Morgan fingerprint density at radius 1 is 1.25 bits per heavy atom. The molecule has 0 aromatic heterocycles. The lowest BCUT2D eigenvalue weighted by Crippen LogP contribution is -2.31. The highest BCUT2D eigenvalue weighted by Gasteiger charge is 2.26. The van der Waals surface area contributed by atoms with Gasteiger partial charge in [-0.3, -0.25) is 0 Å². The van der Waals surface area contributed by atoms with Gasteiger partial charge >= 0.3 is 0 Å². The number of nitrogens with one attached hydrogen (secondary N) is 1.